The maximum absolute atomic E-state index is 10.2. The van der Waals surface area contributed by atoms with Crippen LogP contribution in [0, 0.1) is 0 Å². The molecule has 0 bridgehead atoms. The number of carbonyl (C=O) groups excluding carboxylic acids is 1. The van der Waals surface area contributed by atoms with E-state index >= 15 is 0 Å². The van der Waals surface area contributed by atoms with Crippen LogP contribution in [0.1, 0.15) is 0 Å². The van der Waals surface area contributed by atoms with Crippen LogP contribution in [0.15, 0.2) is 0 Å². The van der Waals surface area contributed by atoms with E-state index in [9.17, 15) is 4.79 Å². The van der Waals surface area contributed by atoms with Gasteiger partial charge in [0.05, 0.1) is 7.11 Å². The Balaban J connectivity index is 0. The Morgan fingerprint density at radius 1 is 1.43 bits per heavy atom. The van der Waals surface area contributed by atoms with Crippen molar-refractivity contribution in [3.63, 3.8) is 0 Å². The molecule has 0 aliphatic heterocycles. The molecule has 0 rings (SSSR count). The van der Waals surface area contributed by atoms with Gasteiger partial charge in [0.15, 0.2) is 0 Å². The average Bonchev–Trinajstić information content (AvgIpc) is 1.97. The zero-order valence-electron chi connectivity index (χ0n) is 6.82. The first kappa shape index (κ1) is 16.6. The molecule has 0 saturated carbocycles. The van der Waals surface area contributed by atoms with E-state index in [0.717, 1.165) is 0 Å². The summed E-state index contributed by atoms with van der Waals surface area (Å²) in [6.45, 7) is -0.315. The highest BCUT2D eigenvalue weighted by atomic mass is 35.6. The molecule has 0 radical (unpaired) electrons. The maximum Gasteiger partial charge on any atom is 0.692 e. The van der Waals surface area contributed by atoms with E-state index in [4.69, 9.17) is 49.2 Å². The molecule has 0 spiro atoms. The van der Waals surface area contributed by atoms with Gasteiger partial charge in [-0.25, -0.2) is 4.79 Å². The third-order valence-electron chi connectivity index (χ3n) is 0.520. The quantitative estimate of drug-likeness (QED) is 0.434. The van der Waals surface area contributed by atoms with Crippen LogP contribution in [-0.2, 0) is 14.0 Å². The number of carbonyl (C=O) groups is 1. The fraction of sp³-hybridized carbons (Fsp3) is 0.750. The largest absolute Gasteiger partial charge is 0.692 e. The van der Waals surface area contributed by atoms with Crippen molar-refractivity contribution < 1.29 is 28.6 Å². The molecule has 10 heteroatoms. The van der Waals surface area contributed by atoms with Gasteiger partial charge in [0.25, 0.3) is 0 Å². The second-order valence-corrected chi connectivity index (χ2v) is 4.63. The summed E-state index contributed by atoms with van der Waals surface area (Å²) in [5.41, 5.74) is 0. The summed E-state index contributed by atoms with van der Waals surface area (Å²) in [6.07, 6.45) is -0.869. The summed E-state index contributed by atoms with van der Waals surface area (Å²) in [7, 11) is -1.70. The van der Waals surface area contributed by atoms with Gasteiger partial charge in [0.1, 0.15) is 6.61 Å². The average molecular weight is 288 g/mol. The van der Waals surface area contributed by atoms with Crippen molar-refractivity contribution in [1.29, 1.82) is 0 Å². The number of alkyl halides is 3. The predicted molar refractivity (Wildman–Crippen MR) is 50.7 cm³/mol. The topological polar surface area (TPSA) is 93.1 Å². The van der Waals surface area contributed by atoms with E-state index in [0.29, 0.717) is 0 Å². The van der Waals surface area contributed by atoms with Crippen molar-refractivity contribution in [2.24, 2.45) is 0 Å². The van der Waals surface area contributed by atoms with Crippen molar-refractivity contribution in [3.8, 4) is 0 Å². The van der Waals surface area contributed by atoms with Crippen LogP contribution in [0.4, 0.5) is 4.79 Å². The first-order valence-electron chi connectivity index (χ1n) is 2.81. The van der Waals surface area contributed by atoms with E-state index in [1.165, 1.54) is 7.11 Å². The summed E-state index contributed by atoms with van der Waals surface area (Å²) in [4.78, 5) is 24.5. The third-order valence-corrected chi connectivity index (χ3v) is 0.848. The van der Waals surface area contributed by atoms with Gasteiger partial charge in [-0.1, -0.05) is 34.8 Å². The number of hydrogen-bond acceptors (Lipinski definition) is 4. The fourth-order valence-electron chi connectivity index (χ4n) is 0.200. The summed E-state index contributed by atoms with van der Waals surface area (Å²) in [6, 6.07) is 0. The van der Waals surface area contributed by atoms with Crippen molar-refractivity contribution in [2.75, 3.05) is 13.7 Å². The molecule has 6 nitrogen and oxygen atoms in total. The van der Waals surface area contributed by atoms with Crippen molar-refractivity contribution in [3.05, 3.63) is 0 Å². The van der Waals surface area contributed by atoms with Crippen LogP contribution >= 0.6 is 43.1 Å². The Kier molecular flexibility index (Phi) is 10.0. The molecule has 0 aliphatic carbocycles. The van der Waals surface area contributed by atoms with Crippen LogP contribution in [-0.4, -0.2) is 33.5 Å². The molecule has 84 valence electrons. The zero-order chi connectivity index (χ0) is 11.8. The Labute approximate surface area is 95.6 Å². The second-order valence-electron chi connectivity index (χ2n) is 1.61. The number of halogens is 3. The molecular weight excluding hydrogens is 281 g/mol. The second kappa shape index (κ2) is 8.47. The van der Waals surface area contributed by atoms with Crippen LogP contribution in [0.25, 0.3) is 0 Å². The molecule has 0 heterocycles. The van der Waals surface area contributed by atoms with Crippen LogP contribution in [0.3, 0.4) is 0 Å². The van der Waals surface area contributed by atoms with Gasteiger partial charge in [-0.05, 0) is 0 Å². The van der Waals surface area contributed by atoms with Gasteiger partial charge in [0.2, 0.25) is 3.79 Å². The smallest absolute Gasteiger partial charge is 0.438 e. The van der Waals surface area contributed by atoms with E-state index in [2.05, 4.69) is 9.47 Å². The lowest BCUT2D eigenvalue weighted by Crippen LogP contribution is -2.16. The molecule has 14 heavy (non-hydrogen) atoms. The summed E-state index contributed by atoms with van der Waals surface area (Å²) in [5.74, 6) is 0. The number of rotatable bonds is 1. The van der Waals surface area contributed by atoms with E-state index in [-0.39, 0.29) is 6.61 Å². The van der Waals surface area contributed by atoms with Crippen molar-refractivity contribution >= 4 is 49.2 Å². The number of ether oxygens (including phenoxy) is 2. The minimum atomic E-state index is -2.87. The normalized spacial score (nSPS) is 9.57. The van der Waals surface area contributed by atoms with Crippen LogP contribution in [0.5, 0.6) is 0 Å². The summed E-state index contributed by atoms with van der Waals surface area (Å²) < 4.78 is 15.5. The molecule has 0 aromatic heterocycles. The van der Waals surface area contributed by atoms with E-state index in [1.807, 2.05) is 0 Å². The fourth-order valence-corrected chi connectivity index (χ4v) is 0.363. The minimum absolute atomic E-state index is 0.315. The molecular formula is C4H7Cl3O6P+. The van der Waals surface area contributed by atoms with E-state index < -0.39 is 18.2 Å². The third kappa shape index (κ3) is 22.7. The van der Waals surface area contributed by atoms with Crippen LogP contribution < -0.4 is 0 Å². The zero-order valence-corrected chi connectivity index (χ0v) is 9.98. The lowest BCUT2D eigenvalue weighted by Gasteiger charge is -2.09. The number of methoxy groups -OCH3 is 1. The lowest BCUT2D eigenvalue weighted by atomic mass is 10.8. The van der Waals surface area contributed by atoms with Crippen molar-refractivity contribution in [2.45, 2.75) is 3.79 Å². The van der Waals surface area contributed by atoms with Gasteiger partial charge in [0, 0.05) is 4.57 Å². The molecule has 0 saturated heterocycles. The van der Waals surface area contributed by atoms with Crippen LogP contribution in [0.2, 0.25) is 0 Å². The maximum atomic E-state index is 10.2. The molecule has 2 N–H and O–H groups in total. The van der Waals surface area contributed by atoms with Gasteiger partial charge < -0.3 is 9.47 Å². The first-order chi connectivity index (χ1) is 6.19. The first-order valence-corrected chi connectivity index (χ1v) is 5.11. The Morgan fingerprint density at radius 3 is 2.00 bits per heavy atom. The van der Waals surface area contributed by atoms with Gasteiger partial charge >= 0.3 is 14.4 Å². The van der Waals surface area contributed by atoms with Gasteiger partial charge in [-0.2, -0.15) is 0 Å². The Bertz CT molecular complexity index is 188. The lowest BCUT2D eigenvalue weighted by molar-refractivity contribution is 0.0742. The molecule has 0 aromatic rings. The highest BCUT2D eigenvalue weighted by Crippen LogP contribution is 2.25. The highest BCUT2D eigenvalue weighted by molar-refractivity contribution is 7.30. The molecule has 0 amide bonds. The molecule has 0 fully saturated rings. The minimum Gasteiger partial charge on any atom is -0.438 e. The molecule has 0 unspecified atom stereocenters. The summed E-state index contributed by atoms with van der Waals surface area (Å²) >= 11 is 15.7. The number of hydrogen-bond donors (Lipinski definition) is 2. The SMILES string of the molecule is COC(=O)OCC(Cl)(Cl)Cl.O=[P+](O)O. The standard InChI is InChI=1S/C4H5Cl3O3.HO3P/c1-9-3(8)10-2-4(5,6)7;1-4(2)3/h2H2,1H3;(H-,1,2,3)/p+1. The van der Waals surface area contributed by atoms with E-state index in [1.54, 1.807) is 0 Å². The van der Waals surface area contributed by atoms with Gasteiger partial charge in [-0.3, -0.25) is 0 Å². The molecule has 0 aromatic carbocycles. The summed E-state index contributed by atoms with van der Waals surface area (Å²) in [5, 5.41) is 0. The molecule has 0 aliphatic rings. The monoisotopic (exact) mass is 287 g/mol. The Hall–Kier alpha value is 0.160. The van der Waals surface area contributed by atoms with Gasteiger partial charge in [-0.15, -0.1) is 9.79 Å². The molecule has 0 atom stereocenters. The predicted octanol–water partition coefficient (Wildman–Crippen LogP) is 1.77. The Morgan fingerprint density at radius 2 is 1.79 bits per heavy atom. The highest BCUT2D eigenvalue weighted by Gasteiger charge is 2.22. The van der Waals surface area contributed by atoms with Crippen molar-refractivity contribution in [1.82, 2.24) is 0 Å².